The van der Waals surface area contributed by atoms with E-state index in [9.17, 15) is 9.59 Å². The third kappa shape index (κ3) is 3.91. The van der Waals surface area contributed by atoms with Crippen molar-refractivity contribution in [3.8, 4) is 0 Å². The maximum absolute atomic E-state index is 12.9. The molecule has 126 valence electrons. The number of rotatable bonds is 5. The van der Waals surface area contributed by atoms with Crippen LogP contribution in [0.2, 0.25) is 0 Å². The van der Waals surface area contributed by atoms with E-state index in [2.05, 4.69) is 4.98 Å². The lowest BCUT2D eigenvalue weighted by molar-refractivity contribution is -0.137. The van der Waals surface area contributed by atoms with E-state index in [1.807, 2.05) is 4.90 Å². The Morgan fingerprint density at radius 3 is 2.78 bits per heavy atom. The highest BCUT2D eigenvalue weighted by molar-refractivity contribution is 7.11. The van der Waals surface area contributed by atoms with Crippen LogP contribution in [0, 0.1) is 5.92 Å². The first-order chi connectivity index (χ1) is 11.1. The van der Waals surface area contributed by atoms with Gasteiger partial charge in [0.05, 0.1) is 11.2 Å². The van der Waals surface area contributed by atoms with Crippen LogP contribution in [0.15, 0.2) is 5.51 Å². The summed E-state index contributed by atoms with van der Waals surface area (Å²) in [6, 6.07) is 0. The van der Waals surface area contributed by atoms with Crippen LogP contribution in [0.1, 0.15) is 72.7 Å². The number of carboxylic acids is 1. The van der Waals surface area contributed by atoms with Crippen molar-refractivity contribution in [1.29, 1.82) is 0 Å². The lowest BCUT2D eigenvalue weighted by atomic mass is 9.93. The van der Waals surface area contributed by atoms with Crippen molar-refractivity contribution >= 4 is 23.2 Å². The summed E-state index contributed by atoms with van der Waals surface area (Å²) in [5.74, 6) is 0.119. The van der Waals surface area contributed by atoms with E-state index < -0.39 is 5.97 Å². The third-order valence-corrected chi connectivity index (χ3v) is 5.93. The van der Waals surface area contributed by atoms with Crippen molar-refractivity contribution in [2.45, 2.75) is 57.3 Å². The van der Waals surface area contributed by atoms with Gasteiger partial charge in [-0.1, -0.05) is 12.8 Å². The number of aromatic nitrogens is 1. The van der Waals surface area contributed by atoms with Gasteiger partial charge in [-0.2, -0.15) is 0 Å². The number of carbonyl (C=O) groups excluding carboxylic acids is 1. The topological polar surface area (TPSA) is 70.5 Å². The lowest BCUT2D eigenvalue weighted by Gasteiger charge is -2.32. The quantitative estimate of drug-likeness (QED) is 0.893. The minimum atomic E-state index is -0.751. The van der Waals surface area contributed by atoms with Crippen LogP contribution in [-0.2, 0) is 4.79 Å². The number of carbonyl (C=O) groups is 2. The largest absolute Gasteiger partial charge is 0.481 e. The summed E-state index contributed by atoms with van der Waals surface area (Å²) in [5.41, 5.74) is 2.80. The molecule has 2 fully saturated rings. The van der Waals surface area contributed by atoms with Crippen LogP contribution in [-0.4, -0.2) is 40.0 Å². The molecular formula is C17H24N2O3S. The number of likely N-dealkylation sites (tertiary alicyclic amines) is 1. The normalized spacial score (nSPS) is 22.4. The zero-order valence-electron chi connectivity index (χ0n) is 13.4. The summed E-state index contributed by atoms with van der Waals surface area (Å²) in [7, 11) is 0. The molecule has 1 aliphatic heterocycles. The number of piperidine rings is 1. The molecule has 1 N–H and O–H groups in total. The number of thiazole rings is 1. The number of hydrogen-bond donors (Lipinski definition) is 1. The SMILES string of the molecule is O=C(O)CCC1CCCN(C(=O)c2scnc2C2CCCC2)C1. The highest BCUT2D eigenvalue weighted by Crippen LogP contribution is 2.37. The van der Waals surface area contributed by atoms with Gasteiger partial charge in [-0.25, -0.2) is 4.98 Å². The van der Waals surface area contributed by atoms with Gasteiger partial charge in [0.2, 0.25) is 0 Å². The van der Waals surface area contributed by atoms with Crippen molar-refractivity contribution in [1.82, 2.24) is 9.88 Å². The Kier molecular flexibility index (Phi) is 5.30. The molecule has 1 aromatic heterocycles. The predicted molar refractivity (Wildman–Crippen MR) is 88.8 cm³/mol. The minimum Gasteiger partial charge on any atom is -0.481 e. The number of hydrogen-bond acceptors (Lipinski definition) is 4. The molecule has 23 heavy (non-hydrogen) atoms. The van der Waals surface area contributed by atoms with Gasteiger partial charge < -0.3 is 10.0 Å². The number of carboxylic acid groups (broad SMARTS) is 1. The van der Waals surface area contributed by atoms with E-state index >= 15 is 0 Å². The van der Waals surface area contributed by atoms with Crippen LogP contribution in [0.25, 0.3) is 0 Å². The second-order valence-electron chi connectivity index (χ2n) is 6.74. The summed E-state index contributed by atoms with van der Waals surface area (Å²) < 4.78 is 0. The molecule has 3 rings (SSSR count). The lowest BCUT2D eigenvalue weighted by Crippen LogP contribution is -2.40. The molecule has 0 bridgehead atoms. The van der Waals surface area contributed by atoms with Crippen molar-refractivity contribution < 1.29 is 14.7 Å². The maximum atomic E-state index is 12.9. The Morgan fingerprint density at radius 1 is 1.26 bits per heavy atom. The van der Waals surface area contributed by atoms with Gasteiger partial charge in [-0.05, 0) is 38.0 Å². The molecular weight excluding hydrogens is 312 g/mol. The highest BCUT2D eigenvalue weighted by atomic mass is 32.1. The Hall–Kier alpha value is -1.43. The van der Waals surface area contributed by atoms with Gasteiger partial charge in [0.15, 0.2) is 0 Å². The van der Waals surface area contributed by atoms with Gasteiger partial charge in [0.1, 0.15) is 4.88 Å². The van der Waals surface area contributed by atoms with Gasteiger partial charge in [-0.3, -0.25) is 9.59 Å². The van der Waals surface area contributed by atoms with Crippen LogP contribution in [0.4, 0.5) is 0 Å². The first-order valence-corrected chi connectivity index (χ1v) is 9.47. The molecule has 0 aromatic carbocycles. The van der Waals surface area contributed by atoms with E-state index in [1.54, 1.807) is 5.51 Å². The molecule has 1 amide bonds. The molecule has 1 unspecified atom stereocenters. The summed E-state index contributed by atoms with van der Waals surface area (Å²) in [6.07, 6.45) is 7.60. The van der Waals surface area contributed by atoms with E-state index in [1.165, 1.54) is 24.2 Å². The zero-order valence-corrected chi connectivity index (χ0v) is 14.2. The molecule has 6 heteroatoms. The molecule has 0 radical (unpaired) electrons. The first-order valence-electron chi connectivity index (χ1n) is 8.59. The molecule has 2 aliphatic rings. The van der Waals surface area contributed by atoms with E-state index in [4.69, 9.17) is 5.11 Å². The molecule has 1 aliphatic carbocycles. The van der Waals surface area contributed by atoms with Crippen LogP contribution in [0.5, 0.6) is 0 Å². The smallest absolute Gasteiger partial charge is 0.303 e. The van der Waals surface area contributed by atoms with E-state index in [0.717, 1.165) is 42.8 Å². The van der Waals surface area contributed by atoms with Crippen molar-refractivity contribution in [3.05, 3.63) is 16.1 Å². The molecule has 0 spiro atoms. The minimum absolute atomic E-state index is 0.106. The molecule has 1 saturated heterocycles. The fourth-order valence-electron chi connectivity index (χ4n) is 3.86. The number of nitrogens with zero attached hydrogens (tertiary/aromatic N) is 2. The Bertz CT molecular complexity index is 566. The fraction of sp³-hybridized carbons (Fsp3) is 0.706. The summed E-state index contributed by atoms with van der Waals surface area (Å²) in [5, 5.41) is 8.84. The average Bonchev–Trinajstić information content (AvgIpc) is 3.23. The van der Waals surface area contributed by atoms with Crippen LogP contribution in [0.3, 0.4) is 0 Å². The van der Waals surface area contributed by atoms with Gasteiger partial charge >= 0.3 is 5.97 Å². The highest BCUT2D eigenvalue weighted by Gasteiger charge is 2.30. The van der Waals surface area contributed by atoms with Crippen molar-refractivity contribution in [3.63, 3.8) is 0 Å². The summed E-state index contributed by atoms with van der Waals surface area (Å²) >= 11 is 1.46. The average molecular weight is 336 g/mol. The molecule has 1 saturated carbocycles. The van der Waals surface area contributed by atoms with Crippen LogP contribution >= 0.6 is 11.3 Å². The standard InChI is InChI=1S/C17H24N2O3S/c20-14(21)8-7-12-4-3-9-19(10-12)17(22)16-15(18-11-23-16)13-5-1-2-6-13/h11-13H,1-10H2,(H,20,21). The number of amides is 1. The van der Waals surface area contributed by atoms with Crippen molar-refractivity contribution in [2.24, 2.45) is 5.92 Å². The zero-order chi connectivity index (χ0) is 16.2. The monoisotopic (exact) mass is 336 g/mol. The summed E-state index contributed by atoms with van der Waals surface area (Å²) in [4.78, 5) is 30.9. The van der Waals surface area contributed by atoms with E-state index in [-0.39, 0.29) is 12.3 Å². The molecule has 1 atom stereocenters. The molecule has 5 nitrogen and oxygen atoms in total. The molecule has 1 aromatic rings. The summed E-state index contributed by atoms with van der Waals surface area (Å²) in [6.45, 7) is 1.47. The maximum Gasteiger partial charge on any atom is 0.303 e. The van der Waals surface area contributed by atoms with Gasteiger partial charge in [-0.15, -0.1) is 11.3 Å². The Morgan fingerprint density at radius 2 is 2.04 bits per heavy atom. The first kappa shape index (κ1) is 16.4. The van der Waals surface area contributed by atoms with Crippen LogP contribution < -0.4 is 0 Å². The van der Waals surface area contributed by atoms with Gasteiger partial charge in [0, 0.05) is 25.4 Å². The Balaban J connectivity index is 1.65. The molecule has 2 heterocycles. The van der Waals surface area contributed by atoms with E-state index in [0.29, 0.717) is 24.8 Å². The van der Waals surface area contributed by atoms with Crippen molar-refractivity contribution in [2.75, 3.05) is 13.1 Å². The third-order valence-electron chi connectivity index (χ3n) is 5.10. The predicted octanol–water partition coefficient (Wildman–Crippen LogP) is 3.52. The Labute approximate surface area is 140 Å². The number of aliphatic carboxylic acids is 1. The van der Waals surface area contributed by atoms with Gasteiger partial charge in [0.25, 0.3) is 5.91 Å². The fourth-order valence-corrected chi connectivity index (χ4v) is 4.70. The second-order valence-corrected chi connectivity index (χ2v) is 7.59. The second kappa shape index (κ2) is 7.43.